The van der Waals surface area contributed by atoms with Gasteiger partial charge in [0.2, 0.25) is 5.91 Å². The van der Waals surface area contributed by atoms with Crippen molar-refractivity contribution in [2.24, 2.45) is 0 Å². The van der Waals surface area contributed by atoms with Crippen LogP contribution in [0.2, 0.25) is 5.02 Å². The number of hydrogen-bond acceptors (Lipinski definition) is 2. The molecule has 0 aromatic heterocycles. The molecule has 0 aliphatic rings. The van der Waals surface area contributed by atoms with Crippen LogP contribution in [0.5, 0.6) is 11.5 Å². The standard InChI is InChI=1S/C27H22ClNO2/c28-22-16-17-26(31-23-14-8-3-9-15-23)25(18-22)29-27(30)19-24(20-10-4-1-5-11-20)21-12-6-2-7-13-21/h1-18,24H,19H2,(H,29,30). The third kappa shape index (κ3) is 5.53. The maximum atomic E-state index is 13.1. The zero-order valence-electron chi connectivity index (χ0n) is 16.9. The molecule has 0 saturated heterocycles. The summed E-state index contributed by atoms with van der Waals surface area (Å²) in [5.41, 5.74) is 2.73. The van der Waals surface area contributed by atoms with Gasteiger partial charge in [-0.1, -0.05) is 90.5 Å². The van der Waals surface area contributed by atoms with Crippen molar-refractivity contribution in [3.05, 3.63) is 125 Å². The topological polar surface area (TPSA) is 38.3 Å². The lowest BCUT2D eigenvalue weighted by Gasteiger charge is -2.19. The number of anilines is 1. The summed E-state index contributed by atoms with van der Waals surface area (Å²) in [6, 6.07) is 34.8. The molecule has 0 radical (unpaired) electrons. The second kappa shape index (κ2) is 9.96. The first-order valence-electron chi connectivity index (χ1n) is 10.1. The van der Waals surface area contributed by atoms with Crippen molar-refractivity contribution in [1.82, 2.24) is 0 Å². The van der Waals surface area contributed by atoms with Crippen LogP contribution in [0.3, 0.4) is 0 Å². The monoisotopic (exact) mass is 427 g/mol. The van der Waals surface area contributed by atoms with Crippen LogP contribution in [0, 0.1) is 0 Å². The van der Waals surface area contributed by atoms with E-state index in [1.165, 1.54) is 0 Å². The summed E-state index contributed by atoms with van der Waals surface area (Å²) in [4.78, 5) is 13.1. The molecule has 0 spiro atoms. The number of para-hydroxylation sites is 1. The number of ether oxygens (including phenoxy) is 1. The van der Waals surface area contributed by atoms with Crippen LogP contribution in [0.25, 0.3) is 0 Å². The maximum absolute atomic E-state index is 13.1. The molecule has 0 bridgehead atoms. The van der Waals surface area contributed by atoms with Gasteiger partial charge in [-0.05, 0) is 41.5 Å². The molecule has 1 amide bonds. The molecule has 4 aromatic rings. The summed E-state index contributed by atoms with van der Waals surface area (Å²) in [6.45, 7) is 0. The summed E-state index contributed by atoms with van der Waals surface area (Å²) in [7, 11) is 0. The first-order valence-corrected chi connectivity index (χ1v) is 10.5. The van der Waals surface area contributed by atoms with Crippen LogP contribution in [0.4, 0.5) is 5.69 Å². The van der Waals surface area contributed by atoms with Gasteiger partial charge < -0.3 is 10.1 Å². The van der Waals surface area contributed by atoms with E-state index in [2.05, 4.69) is 5.32 Å². The smallest absolute Gasteiger partial charge is 0.225 e. The minimum Gasteiger partial charge on any atom is -0.455 e. The maximum Gasteiger partial charge on any atom is 0.225 e. The number of carbonyl (C=O) groups excluding carboxylic acids is 1. The fourth-order valence-electron chi connectivity index (χ4n) is 3.49. The molecule has 3 nitrogen and oxygen atoms in total. The summed E-state index contributed by atoms with van der Waals surface area (Å²) >= 11 is 6.19. The Labute approximate surface area is 187 Å². The predicted octanol–water partition coefficient (Wildman–Crippen LogP) is 7.29. The lowest BCUT2D eigenvalue weighted by Crippen LogP contribution is -2.17. The molecular weight excluding hydrogens is 406 g/mol. The number of halogens is 1. The highest BCUT2D eigenvalue weighted by molar-refractivity contribution is 6.31. The number of carbonyl (C=O) groups is 1. The third-order valence-corrected chi connectivity index (χ3v) is 5.22. The van der Waals surface area contributed by atoms with E-state index >= 15 is 0 Å². The molecule has 0 saturated carbocycles. The largest absolute Gasteiger partial charge is 0.455 e. The number of amides is 1. The van der Waals surface area contributed by atoms with Crippen LogP contribution >= 0.6 is 11.6 Å². The highest BCUT2D eigenvalue weighted by atomic mass is 35.5. The molecule has 0 aliphatic carbocycles. The minimum atomic E-state index is -0.113. The SMILES string of the molecule is O=C(CC(c1ccccc1)c1ccccc1)Nc1cc(Cl)ccc1Oc1ccccc1. The molecule has 4 aromatic carbocycles. The molecular formula is C27H22ClNO2. The summed E-state index contributed by atoms with van der Waals surface area (Å²) in [5, 5.41) is 3.52. The molecule has 31 heavy (non-hydrogen) atoms. The molecule has 0 aliphatic heterocycles. The Hall–Kier alpha value is -3.56. The average molecular weight is 428 g/mol. The van der Waals surface area contributed by atoms with Gasteiger partial charge in [-0.25, -0.2) is 0 Å². The first-order chi connectivity index (χ1) is 15.2. The lowest BCUT2D eigenvalue weighted by atomic mass is 9.88. The van der Waals surface area contributed by atoms with E-state index in [4.69, 9.17) is 16.3 Å². The Kier molecular flexibility index (Phi) is 6.65. The van der Waals surface area contributed by atoms with Gasteiger partial charge in [0, 0.05) is 17.4 Å². The molecule has 0 heterocycles. The second-order valence-electron chi connectivity index (χ2n) is 7.18. The number of hydrogen-bond donors (Lipinski definition) is 1. The fraction of sp³-hybridized carbons (Fsp3) is 0.0741. The van der Waals surface area contributed by atoms with E-state index in [1.54, 1.807) is 18.2 Å². The molecule has 0 fully saturated rings. The Morgan fingerprint density at radius 3 is 1.90 bits per heavy atom. The Morgan fingerprint density at radius 1 is 0.774 bits per heavy atom. The quantitative estimate of drug-likeness (QED) is 0.336. The normalized spacial score (nSPS) is 10.6. The molecule has 154 valence electrons. The van der Waals surface area contributed by atoms with Gasteiger partial charge in [0.1, 0.15) is 5.75 Å². The number of nitrogens with one attached hydrogen (secondary N) is 1. The van der Waals surface area contributed by atoms with Crippen LogP contribution in [0.15, 0.2) is 109 Å². The molecule has 4 rings (SSSR count). The molecule has 0 atom stereocenters. The van der Waals surface area contributed by atoms with Crippen molar-refractivity contribution in [1.29, 1.82) is 0 Å². The van der Waals surface area contributed by atoms with Crippen molar-refractivity contribution < 1.29 is 9.53 Å². The third-order valence-electron chi connectivity index (χ3n) is 4.98. The van der Waals surface area contributed by atoms with Crippen molar-refractivity contribution in [3.8, 4) is 11.5 Å². The average Bonchev–Trinajstić information content (AvgIpc) is 2.81. The van der Waals surface area contributed by atoms with E-state index in [-0.39, 0.29) is 11.8 Å². The van der Waals surface area contributed by atoms with Crippen molar-refractivity contribution in [2.45, 2.75) is 12.3 Å². The highest BCUT2D eigenvalue weighted by Crippen LogP contribution is 2.33. The van der Waals surface area contributed by atoms with Crippen LogP contribution in [-0.2, 0) is 4.79 Å². The van der Waals surface area contributed by atoms with Gasteiger partial charge in [-0.2, -0.15) is 0 Å². The van der Waals surface area contributed by atoms with Gasteiger partial charge in [-0.15, -0.1) is 0 Å². The van der Waals surface area contributed by atoms with Gasteiger partial charge in [0.05, 0.1) is 5.69 Å². The van der Waals surface area contributed by atoms with Crippen molar-refractivity contribution in [2.75, 3.05) is 5.32 Å². The van der Waals surface area contributed by atoms with Gasteiger partial charge in [0.15, 0.2) is 5.75 Å². The van der Waals surface area contributed by atoms with E-state index in [9.17, 15) is 4.79 Å². The second-order valence-corrected chi connectivity index (χ2v) is 7.62. The van der Waals surface area contributed by atoms with Crippen LogP contribution in [0.1, 0.15) is 23.5 Å². The van der Waals surface area contributed by atoms with Crippen LogP contribution < -0.4 is 10.1 Å². The zero-order chi connectivity index (χ0) is 21.5. The predicted molar refractivity (Wildman–Crippen MR) is 126 cm³/mol. The summed E-state index contributed by atoms with van der Waals surface area (Å²) in [5.74, 6) is 1.06. The van der Waals surface area contributed by atoms with Crippen LogP contribution in [-0.4, -0.2) is 5.91 Å². The highest BCUT2D eigenvalue weighted by Gasteiger charge is 2.19. The van der Waals surface area contributed by atoms with Gasteiger partial charge in [-0.3, -0.25) is 4.79 Å². The van der Waals surface area contributed by atoms with Gasteiger partial charge in [0.25, 0.3) is 0 Å². The number of benzene rings is 4. The molecule has 4 heteroatoms. The molecule has 0 unspecified atom stereocenters. The zero-order valence-corrected chi connectivity index (χ0v) is 17.6. The first kappa shape index (κ1) is 20.7. The Balaban J connectivity index is 1.56. The van der Waals surface area contributed by atoms with E-state index < -0.39 is 0 Å². The van der Waals surface area contributed by atoms with E-state index in [0.29, 0.717) is 28.6 Å². The Morgan fingerprint density at radius 2 is 1.32 bits per heavy atom. The van der Waals surface area contributed by atoms with Crippen molar-refractivity contribution in [3.63, 3.8) is 0 Å². The fourth-order valence-corrected chi connectivity index (χ4v) is 3.66. The van der Waals surface area contributed by atoms with E-state index in [1.807, 2.05) is 91.0 Å². The number of rotatable bonds is 7. The van der Waals surface area contributed by atoms with E-state index in [0.717, 1.165) is 11.1 Å². The minimum absolute atomic E-state index is 0.0555. The summed E-state index contributed by atoms with van der Waals surface area (Å²) < 4.78 is 5.97. The lowest BCUT2D eigenvalue weighted by molar-refractivity contribution is -0.116. The Bertz CT molecular complexity index is 1090. The van der Waals surface area contributed by atoms with Gasteiger partial charge >= 0.3 is 0 Å². The summed E-state index contributed by atoms with van der Waals surface area (Å²) in [6.07, 6.45) is 0.297. The molecule has 1 N–H and O–H groups in total. The van der Waals surface area contributed by atoms with Crippen molar-refractivity contribution >= 4 is 23.2 Å².